The molecule has 20 heavy (non-hydrogen) atoms. The molecule has 1 heterocycles. The molecular weight excluding hydrogens is 246 g/mol. The third-order valence-corrected chi connectivity index (χ3v) is 2.29. The number of morpholine rings is 1. The topological polar surface area (TPSA) is 12.5 Å². The summed E-state index contributed by atoms with van der Waals surface area (Å²) in [5.41, 5.74) is 0. The minimum atomic E-state index is 0.332. The maximum atomic E-state index is 5.25. The molecular formula is C18H17NO. The molecule has 0 aliphatic carbocycles. The van der Waals surface area contributed by atoms with Crippen LogP contribution in [0, 0.1) is 65.1 Å². The van der Waals surface area contributed by atoms with E-state index in [-0.39, 0.29) is 0 Å². The van der Waals surface area contributed by atoms with Crippen LogP contribution >= 0.6 is 0 Å². The Kier molecular flexibility index (Phi) is 8.38. The lowest BCUT2D eigenvalue weighted by molar-refractivity contribution is 0.0443. The smallest absolute Gasteiger partial charge is 0.0613 e. The van der Waals surface area contributed by atoms with Crippen LogP contribution in [-0.2, 0) is 4.74 Å². The van der Waals surface area contributed by atoms with E-state index in [2.05, 4.69) is 64.1 Å². The Hall–Kier alpha value is -2.28. The summed E-state index contributed by atoms with van der Waals surface area (Å²) in [5, 5.41) is 0. The van der Waals surface area contributed by atoms with Crippen molar-refractivity contribution in [1.82, 2.24) is 4.90 Å². The van der Waals surface area contributed by atoms with Crippen molar-refractivity contribution in [2.75, 3.05) is 32.8 Å². The van der Waals surface area contributed by atoms with Crippen molar-refractivity contribution in [3.05, 3.63) is 0 Å². The highest BCUT2D eigenvalue weighted by Gasteiger charge is 2.07. The summed E-state index contributed by atoms with van der Waals surface area (Å²) in [5.74, 6) is 27.6. The summed E-state index contributed by atoms with van der Waals surface area (Å²) >= 11 is 0. The minimum absolute atomic E-state index is 0.332. The maximum Gasteiger partial charge on any atom is 0.0613 e. The second-order valence-corrected chi connectivity index (χ2v) is 4.36. The summed E-state index contributed by atoms with van der Waals surface area (Å²) in [6.07, 6.45) is 0. The molecule has 0 radical (unpaired) electrons. The van der Waals surface area contributed by atoms with Gasteiger partial charge in [0.05, 0.1) is 19.8 Å². The van der Waals surface area contributed by atoms with Crippen LogP contribution < -0.4 is 0 Å². The van der Waals surface area contributed by atoms with Crippen LogP contribution in [0.5, 0.6) is 0 Å². The number of nitrogens with zero attached hydrogens (tertiary/aromatic N) is 1. The molecule has 1 fully saturated rings. The second kappa shape index (κ2) is 10.6. The van der Waals surface area contributed by atoms with Crippen molar-refractivity contribution in [2.24, 2.45) is 5.92 Å². The molecule has 1 saturated heterocycles. The Bertz CT molecular complexity index is 597. The van der Waals surface area contributed by atoms with E-state index in [4.69, 9.17) is 4.74 Å². The van der Waals surface area contributed by atoms with Gasteiger partial charge in [0.2, 0.25) is 0 Å². The molecule has 0 aromatic carbocycles. The Morgan fingerprint density at radius 3 is 2.00 bits per heavy atom. The van der Waals surface area contributed by atoms with E-state index in [1.54, 1.807) is 0 Å². The molecule has 1 aliphatic rings. The molecule has 0 amide bonds. The van der Waals surface area contributed by atoms with Crippen LogP contribution in [-0.4, -0.2) is 37.7 Å². The van der Waals surface area contributed by atoms with Crippen LogP contribution in [0.4, 0.5) is 0 Å². The molecule has 0 spiro atoms. The molecule has 2 nitrogen and oxygen atoms in total. The third kappa shape index (κ3) is 8.76. The van der Waals surface area contributed by atoms with E-state index >= 15 is 0 Å². The van der Waals surface area contributed by atoms with Crippen LogP contribution in [0.25, 0.3) is 0 Å². The van der Waals surface area contributed by atoms with Gasteiger partial charge in [0.25, 0.3) is 0 Å². The Morgan fingerprint density at radius 1 is 0.850 bits per heavy atom. The SMILES string of the molecule is CC(C)C#CC#CC#CC#CC#CCN1CCOCC1. The molecule has 2 heteroatoms. The molecule has 0 aromatic rings. The zero-order valence-electron chi connectivity index (χ0n) is 12.0. The summed E-state index contributed by atoms with van der Waals surface area (Å²) in [6.45, 7) is 8.22. The van der Waals surface area contributed by atoms with Crippen molar-refractivity contribution in [3.63, 3.8) is 0 Å². The minimum Gasteiger partial charge on any atom is -0.379 e. The van der Waals surface area contributed by atoms with Gasteiger partial charge in [-0.25, -0.2) is 0 Å². The summed E-state index contributed by atoms with van der Waals surface area (Å²) in [7, 11) is 0. The lowest BCUT2D eigenvalue weighted by Crippen LogP contribution is -2.36. The Balaban J connectivity index is 2.28. The molecule has 0 N–H and O–H groups in total. The fourth-order valence-electron chi connectivity index (χ4n) is 1.32. The van der Waals surface area contributed by atoms with Crippen molar-refractivity contribution in [2.45, 2.75) is 13.8 Å². The van der Waals surface area contributed by atoms with Crippen LogP contribution in [0.1, 0.15) is 13.8 Å². The van der Waals surface area contributed by atoms with E-state index in [1.807, 2.05) is 13.8 Å². The van der Waals surface area contributed by atoms with Crippen molar-refractivity contribution in [1.29, 1.82) is 0 Å². The molecule has 0 atom stereocenters. The van der Waals surface area contributed by atoms with Gasteiger partial charge >= 0.3 is 0 Å². The quantitative estimate of drug-likeness (QED) is 0.654. The van der Waals surface area contributed by atoms with Crippen LogP contribution in [0.3, 0.4) is 0 Å². The van der Waals surface area contributed by atoms with Crippen molar-refractivity contribution < 1.29 is 4.74 Å². The summed E-state index contributed by atoms with van der Waals surface area (Å²) in [6, 6.07) is 0. The van der Waals surface area contributed by atoms with Gasteiger partial charge in [-0.15, -0.1) is 0 Å². The standard InChI is InChI=1S/C18H17NO/c1-18(2)12-10-8-6-4-3-5-7-9-11-13-19-14-16-20-17-15-19/h18H,13-17H2,1-2H3. The Labute approximate surface area is 122 Å². The van der Waals surface area contributed by atoms with Gasteiger partial charge in [-0.1, -0.05) is 25.7 Å². The second-order valence-electron chi connectivity index (χ2n) is 4.36. The first-order valence-corrected chi connectivity index (χ1v) is 6.57. The molecule has 0 bridgehead atoms. The maximum absolute atomic E-state index is 5.25. The van der Waals surface area contributed by atoms with Gasteiger partial charge in [-0.3, -0.25) is 4.90 Å². The lowest BCUT2D eigenvalue weighted by atomic mass is 10.2. The molecule has 1 rings (SSSR count). The average molecular weight is 263 g/mol. The summed E-state index contributed by atoms with van der Waals surface area (Å²) < 4.78 is 5.25. The first-order valence-electron chi connectivity index (χ1n) is 6.57. The molecule has 0 unspecified atom stereocenters. The van der Waals surface area contributed by atoms with Gasteiger partial charge in [-0.05, 0) is 47.4 Å². The lowest BCUT2D eigenvalue weighted by Gasteiger charge is -2.24. The number of ether oxygens (including phenoxy) is 1. The van der Waals surface area contributed by atoms with Gasteiger partial charge in [0.15, 0.2) is 0 Å². The van der Waals surface area contributed by atoms with Gasteiger partial charge in [0, 0.05) is 19.0 Å². The normalized spacial score (nSPS) is 12.9. The van der Waals surface area contributed by atoms with Gasteiger partial charge in [-0.2, -0.15) is 0 Å². The van der Waals surface area contributed by atoms with E-state index < -0.39 is 0 Å². The van der Waals surface area contributed by atoms with Crippen molar-refractivity contribution >= 4 is 0 Å². The van der Waals surface area contributed by atoms with Crippen LogP contribution in [0.2, 0.25) is 0 Å². The fourth-order valence-corrected chi connectivity index (χ4v) is 1.32. The fraction of sp³-hybridized carbons (Fsp3) is 0.444. The Morgan fingerprint density at radius 2 is 1.40 bits per heavy atom. The van der Waals surface area contributed by atoms with Gasteiger partial charge < -0.3 is 4.74 Å². The molecule has 0 saturated carbocycles. The third-order valence-electron chi connectivity index (χ3n) is 2.29. The first-order chi connectivity index (χ1) is 9.79. The van der Waals surface area contributed by atoms with Gasteiger partial charge in [0.1, 0.15) is 0 Å². The average Bonchev–Trinajstić information content (AvgIpc) is 2.45. The van der Waals surface area contributed by atoms with E-state index in [0.29, 0.717) is 5.92 Å². The molecule has 1 aliphatic heterocycles. The number of hydrogen-bond acceptors (Lipinski definition) is 2. The largest absolute Gasteiger partial charge is 0.379 e. The number of hydrogen-bond donors (Lipinski definition) is 0. The molecule has 0 aromatic heterocycles. The first kappa shape index (κ1) is 15.8. The number of rotatable bonds is 1. The predicted molar refractivity (Wildman–Crippen MR) is 81.0 cm³/mol. The summed E-state index contributed by atoms with van der Waals surface area (Å²) in [4.78, 5) is 2.24. The highest BCUT2D eigenvalue weighted by atomic mass is 16.5. The zero-order valence-corrected chi connectivity index (χ0v) is 12.0. The zero-order chi connectivity index (χ0) is 14.5. The van der Waals surface area contributed by atoms with E-state index in [9.17, 15) is 0 Å². The van der Waals surface area contributed by atoms with Crippen molar-refractivity contribution in [3.8, 4) is 59.2 Å². The van der Waals surface area contributed by atoms with E-state index in [0.717, 1.165) is 32.8 Å². The van der Waals surface area contributed by atoms with E-state index in [1.165, 1.54) is 0 Å². The highest BCUT2D eigenvalue weighted by molar-refractivity contribution is 5.42. The molecule has 100 valence electrons. The monoisotopic (exact) mass is 263 g/mol. The predicted octanol–water partition coefficient (Wildman–Crippen LogP) is 0.992. The highest BCUT2D eigenvalue weighted by Crippen LogP contribution is 1.94. The van der Waals surface area contributed by atoms with Crippen LogP contribution in [0.15, 0.2) is 0 Å².